The summed E-state index contributed by atoms with van der Waals surface area (Å²) in [6, 6.07) is 5.06. The zero-order chi connectivity index (χ0) is 13.9. The summed E-state index contributed by atoms with van der Waals surface area (Å²) in [5, 5.41) is 1.12. The van der Waals surface area contributed by atoms with Crippen LogP contribution in [0.5, 0.6) is 5.75 Å². The van der Waals surface area contributed by atoms with Crippen LogP contribution >= 0.6 is 15.9 Å². The second-order valence-electron chi connectivity index (χ2n) is 4.92. The number of benzene rings is 1. The van der Waals surface area contributed by atoms with Crippen molar-refractivity contribution in [2.24, 2.45) is 0 Å². The predicted octanol–water partition coefficient (Wildman–Crippen LogP) is 5.64. The fraction of sp³-hybridized carbons (Fsp3) is 0.625. The van der Waals surface area contributed by atoms with Gasteiger partial charge in [-0.3, -0.25) is 0 Å². The first kappa shape index (κ1) is 16.5. The van der Waals surface area contributed by atoms with Gasteiger partial charge < -0.3 is 4.74 Å². The molecule has 0 aliphatic rings. The van der Waals surface area contributed by atoms with Gasteiger partial charge in [-0.15, -0.1) is 0 Å². The zero-order valence-electron chi connectivity index (χ0n) is 11.8. The van der Waals surface area contributed by atoms with Gasteiger partial charge in [0.1, 0.15) is 11.6 Å². The van der Waals surface area contributed by atoms with Crippen LogP contribution in [0.2, 0.25) is 0 Å². The molecule has 0 radical (unpaired) electrons. The van der Waals surface area contributed by atoms with Crippen molar-refractivity contribution in [3.05, 3.63) is 29.6 Å². The van der Waals surface area contributed by atoms with E-state index in [0.717, 1.165) is 11.8 Å². The van der Waals surface area contributed by atoms with E-state index in [2.05, 4.69) is 15.9 Å². The SMILES string of the molecule is Cc1ccc(OCCCCCCCCCBr)cc1F. The lowest BCUT2D eigenvalue weighted by Gasteiger charge is -2.07. The highest BCUT2D eigenvalue weighted by Crippen LogP contribution is 2.16. The minimum Gasteiger partial charge on any atom is -0.493 e. The molecule has 0 N–H and O–H groups in total. The molecular formula is C16H24BrFO. The molecule has 1 aromatic rings. The third-order valence-electron chi connectivity index (χ3n) is 3.19. The number of halogens is 2. The second kappa shape index (κ2) is 10.2. The van der Waals surface area contributed by atoms with Gasteiger partial charge in [-0.25, -0.2) is 4.39 Å². The third kappa shape index (κ3) is 7.56. The Morgan fingerprint density at radius 3 is 2.26 bits per heavy atom. The first-order chi connectivity index (χ1) is 9.24. The standard InChI is InChI=1S/C16H24BrFO/c1-14-9-10-15(13-16(14)18)19-12-8-6-4-2-3-5-7-11-17/h9-10,13H,2-8,11-12H2,1H3. The summed E-state index contributed by atoms with van der Waals surface area (Å²) in [4.78, 5) is 0. The fourth-order valence-corrected chi connectivity index (χ4v) is 2.33. The smallest absolute Gasteiger partial charge is 0.129 e. The molecule has 1 rings (SSSR count). The highest BCUT2D eigenvalue weighted by atomic mass is 79.9. The normalized spacial score (nSPS) is 10.7. The minimum atomic E-state index is -0.190. The number of alkyl halides is 1. The molecule has 0 bridgehead atoms. The maximum absolute atomic E-state index is 13.3. The molecule has 0 saturated heterocycles. The summed E-state index contributed by atoms with van der Waals surface area (Å²) in [5.41, 5.74) is 0.663. The molecule has 0 amide bonds. The van der Waals surface area contributed by atoms with Crippen LogP contribution in [-0.4, -0.2) is 11.9 Å². The van der Waals surface area contributed by atoms with Gasteiger partial charge in [0, 0.05) is 11.4 Å². The highest BCUT2D eigenvalue weighted by Gasteiger charge is 2.00. The maximum Gasteiger partial charge on any atom is 0.129 e. The van der Waals surface area contributed by atoms with Crippen LogP contribution in [-0.2, 0) is 0 Å². The van der Waals surface area contributed by atoms with Crippen molar-refractivity contribution in [3.63, 3.8) is 0 Å². The first-order valence-corrected chi connectivity index (χ1v) is 8.31. The van der Waals surface area contributed by atoms with Crippen LogP contribution in [0.25, 0.3) is 0 Å². The number of ether oxygens (including phenoxy) is 1. The monoisotopic (exact) mass is 330 g/mol. The Morgan fingerprint density at radius 2 is 1.63 bits per heavy atom. The van der Waals surface area contributed by atoms with Crippen molar-refractivity contribution in [1.82, 2.24) is 0 Å². The van der Waals surface area contributed by atoms with E-state index in [9.17, 15) is 4.39 Å². The minimum absolute atomic E-state index is 0.190. The molecular weight excluding hydrogens is 307 g/mol. The third-order valence-corrected chi connectivity index (χ3v) is 3.75. The Bertz CT molecular complexity index is 355. The summed E-state index contributed by atoms with van der Waals surface area (Å²) < 4.78 is 18.8. The number of aryl methyl sites for hydroxylation is 1. The molecule has 0 heterocycles. The highest BCUT2D eigenvalue weighted by molar-refractivity contribution is 9.09. The van der Waals surface area contributed by atoms with E-state index in [-0.39, 0.29) is 5.82 Å². The fourth-order valence-electron chi connectivity index (χ4n) is 1.93. The molecule has 0 aliphatic carbocycles. The van der Waals surface area contributed by atoms with Crippen molar-refractivity contribution in [2.45, 2.75) is 51.9 Å². The van der Waals surface area contributed by atoms with Crippen LogP contribution in [0.15, 0.2) is 18.2 Å². The Hall–Kier alpha value is -0.570. The van der Waals surface area contributed by atoms with E-state index in [1.165, 1.54) is 44.6 Å². The van der Waals surface area contributed by atoms with E-state index in [1.54, 1.807) is 13.0 Å². The summed E-state index contributed by atoms with van der Waals surface area (Å²) in [6.45, 7) is 2.44. The molecule has 3 heteroatoms. The second-order valence-corrected chi connectivity index (χ2v) is 5.72. The molecule has 0 saturated carbocycles. The zero-order valence-corrected chi connectivity index (χ0v) is 13.3. The molecule has 1 aromatic carbocycles. The van der Waals surface area contributed by atoms with E-state index >= 15 is 0 Å². The topological polar surface area (TPSA) is 9.23 Å². The van der Waals surface area contributed by atoms with Gasteiger partial charge >= 0.3 is 0 Å². The Labute approximate surface area is 124 Å². The Balaban J connectivity index is 2.00. The lowest BCUT2D eigenvalue weighted by atomic mass is 10.1. The molecule has 1 nitrogen and oxygen atoms in total. The first-order valence-electron chi connectivity index (χ1n) is 7.19. The van der Waals surface area contributed by atoms with E-state index in [1.807, 2.05) is 6.07 Å². The summed E-state index contributed by atoms with van der Waals surface area (Å²) in [5.74, 6) is 0.449. The van der Waals surface area contributed by atoms with Crippen LogP contribution in [0.3, 0.4) is 0 Å². The average Bonchev–Trinajstić information content (AvgIpc) is 2.41. The van der Waals surface area contributed by atoms with Crippen LogP contribution in [0.1, 0.15) is 50.5 Å². The molecule has 108 valence electrons. The van der Waals surface area contributed by atoms with Crippen molar-refractivity contribution in [1.29, 1.82) is 0 Å². The van der Waals surface area contributed by atoms with Crippen LogP contribution in [0.4, 0.5) is 4.39 Å². The van der Waals surface area contributed by atoms with Crippen molar-refractivity contribution >= 4 is 15.9 Å². The number of hydrogen-bond acceptors (Lipinski definition) is 1. The maximum atomic E-state index is 13.3. The molecule has 0 unspecified atom stereocenters. The van der Waals surface area contributed by atoms with Crippen molar-refractivity contribution in [2.75, 3.05) is 11.9 Å². The average molecular weight is 331 g/mol. The van der Waals surface area contributed by atoms with Gasteiger partial charge in [-0.1, -0.05) is 54.1 Å². The quantitative estimate of drug-likeness (QED) is 0.398. The van der Waals surface area contributed by atoms with E-state index in [4.69, 9.17) is 4.74 Å². The number of unbranched alkanes of at least 4 members (excludes halogenated alkanes) is 6. The lowest BCUT2D eigenvalue weighted by Crippen LogP contribution is -1.98. The van der Waals surface area contributed by atoms with Gasteiger partial charge in [0.05, 0.1) is 6.61 Å². The van der Waals surface area contributed by atoms with Gasteiger partial charge in [0.2, 0.25) is 0 Å². The molecule has 0 fully saturated rings. The molecule has 0 atom stereocenters. The Morgan fingerprint density at radius 1 is 1.00 bits per heavy atom. The molecule has 0 spiro atoms. The summed E-state index contributed by atoms with van der Waals surface area (Å²) >= 11 is 3.44. The number of hydrogen-bond donors (Lipinski definition) is 0. The molecule has 19 heavy (non-hydrogen) atoms. The van der Waals surface area contributed by atoms with Crippen molar-refractivity contribution in [3.8, 4) is 5.75 Å². The van der Waals surface area contributed by atoms with Crippen LogP contribution < -0.4 is 4.74 Å². The Kier molecular flexibility index (Phi) is 8.89. The molecule has 0 aromatic heterocycles. The lowest BCUT2D eigenvalue weighted by molar-refractivity contribution is 0.302. The largest absolute Gasteiger partial charge is 0.493 e. The van der Waals surface area contributed by atoms with Gasteiger partial charge in [0.25, 0.3) is 0 Å². The molecule has 0 aliphatic heterocycles. The van der Waals surface area contributed by atoms with Crippen molar-refractivity contribution < 1.29 is 9.13 Å². The van der Waals surface area contributed by atoms with Crippen LogP contribution in [0, 0.1) is 12.7 Å². The summed E-state index contributed by atoms with van der Waals surface area (Å²) in [6.07, 6.45) is 8.76. The predicted molar refractivity (Wildman–Crippen MR) is 82.7 cm³/mol. The van der Waals surface area contributed by atoms with Gasteiger partial charge in [-0.05, 0) is 31.4 Å². The van der Waals surface area contributed by atoms with Gasteiger partial charge in [0.15, 0.2) is 0 Å². The van der Waals surface area contributed by atoms with Gasteiger partial charge in [-0.2, -0.15) is 0 Å². The van der Waals surface area contributed by atoms with E-state index < -0.39 is 0 Å². The summed E-state index contributed by atoms with van der Waals surface area (Å²) in [7, 11) is 0. The number of rotatable bonds is 10. The van der Waals surface area contributed by atoms with E-state index in [0.29, 0.717) is 17.9 Å².